The van der Waals surface area contributed by atoms with Crippen molar-refractivity contribution in [2.45, 2.75) is 24.4 Å². The smallest absolute Gasteiger partial charge is 0.209 e. The van der Waals surface area contributed by atoms with Crippen molar-refractivity contribution < 1.29 is 0 Å². The predicted octanol–water partition coefficient (Wildman–Crippen LogP) is 2.88. The Morgan fingerprint density at radius 2 is 2.20 bits per heavy atom. The molecule has 0 aliphatic carbocycles. The van der Waals surface area contributed by atoms with Gasteiger partial charge in [0, 0.05) is 22.3 Å². The van der Waals surface area contributed by atoms with E-state index in [1.807, 2.05) is 6.07 Å². The monoisotopic (exact) mass is 331 g/mol. The molecule has 1 aromatic carbocycles. The van der Waals surface area contributed by atoms with Crippen LogP contribution in [0.1, 0.15) is 12.5 Å². The Balaban J connectivity index is 1.97. The third-order valence-corrected chi connectivity index (χ3v) is 4.22. The normalized spacial score (nSPS) is 10.9. The van der Waals surface area contributed by atoms with Crippen molar-refractivity contribution in [3.8, 4) is 0 Å². The van der Waals surface area contributed by atoms with Gasteiger partial charge in [0.05, 0.1) is 6.54 Å². The zero-order chi connectivity index (χ0) is 14.4. The summed E-state index contributed by atoms with van der Waals surface area (Å²) in [5, 5.41) is 17.1. The topological polar surface area (TPSA) is 55.6 Å². The van der Waals surface area contributed by atoms with Gasteiger partial charge in [0.15, 0.2) is 0 Å². The van der Waals surface area contributed by atoms with E-state index in [-0.39, 0.29) is 0 Å². The number of hydrogen-bond acceptors (Lipinski definition) is 5. The van der Waals surface area contributed by atoms with Crippen LogP contribution in [0.3, 0.4) is 0 Å². The van der Waals surface area contributed by atoms with Gasteiger partial charge in [-0.25, -0.2) is 4.68 Å². The molecule has 0 saturated heterocycles. The molecular formula is C12H15Cl2N5S. The molecule has 20 heavy (non-hydrogen) atoms. The van der Waals surface area contributed by atoms with Gasteiger partial charge in [-0.1, -0.05) is 41.9 Å². The predicted molar refractivity (Wildman–Crippen MR) is 82.4 cm³/mol. The van der Waals surface area contributed by atoms with Crippen LogP contribution in [0.5, 0.6) is 0 Å². The van der Waals surface area contributed by atoms with Crippen molar-refractivity contribution in [3.63, 3.8) is 0 Å². The van der Waals surface area contributed by atoms with Crippen LogP contribution in [0.15, 0.2) is 23.4 Å². The molecule has 0 fully saturated rings. The molecule has 0 radical (unpaired) electrons. The summed E-state index contributed by atoms with van der Waals surface area (Å²) in [6, 6.07) is 5.44. The van der Waals surface area contributed by atoms with Crippen LogP contribution in [-0.4, -0.2) is 33.3 Å². The lowest BCUT2D eigenvalue weighted by atomic mass is 10.2. The highest BCUT2D eigenvalue weighted by Crippen LogP contribution is 2.27. The van der Waals surface area contributed by atoms with Crippen molar-refractivity contribution in [2.24, 2.45) is 0 Å². The molecule has 0 aliphatic heterocycles. The Hall–Kier alpha value is -0.820. The second kappa shape index (κ2) is 7.83. The molecule has 108 valence electrons. The third kappa shape index (κ3) is 4.34. The number of thioether (sulfide) groups is 1. The van der Waals surface area contributed by atoms with Crippen LogP contribution in [0.25, 0.3) is 0 Å². The van der Waals surface area contributed by atoms with Crippen LogP contribution in [0.2, 0.25) is 10.0 Å². The zero-order valence-corrected chi connectivity index (χ0v) is 13.3. The van der Waals surface area contributed by atoms with Crippen LogP contribution in [0, 0.1) is 0 Å². The number of tetrazole rings is 1. The Labute approximate surface area is 132 Å². The Bertz CT molecular complexity index is 561. The molecule has 0 bridgehead atoms. The molecule has 1 aromatic heterocycles. The molecule has 0 spiro atoms. The van der Waals surface area contributed by atoms with Crippen molar-refractivity contribution in [3.05, 3.63) is 33.8 Å². The van der Waals surface area contributed by atoms with Gasteiger partial charge in [0.25, 0.3) is 0 Å². The quantitative estimate of drug-likeness (QED) is 0.624. The number of halogens is 2. The fourth-order valence-electron chi connectivity index (χ4n) is 1.60. The van der Waals surface area contributed by atoms with Gasteiger partial charge in [-0.2, -0.15) is 0 Å². The second-order valence-corrected chi connectivity index (χ2v) is 5.85. The molecule has 5 nitrogen and oxygen atoms in total. The third-order valence-electron chi connectivity index (χ3n) is 2.61. The van der Waals surface area contributed by atoms with Gasteiger partial charge in [-0.15, -0.1) is 5.10 Å². The summed E-state index contributed by atoms with van der Waals surface area (Å²) in [6.07, 6.45) is 0. The average molecular weight is 332 g/mol. The maximum Gasteiger partial charge on any atom is 0.209 e. The van der Waals surface area contributed by atoms with E-state index in [1.54, 1.807) is 28.6 Å². The summed E-state index contributed by atoms with van der Waals surface area (Å²) in [5.74, 6) is 0.682. The molecule has 8 heteroatoms. The first-order valence-electron chi connectivity index (χ1n) is 6.24. The van der Waals surface area contributed by atoms with E-state index in [1.165, 1.54) is 0 Å². The number of nitrogens with zero attached hydrogens (tertiary/aromatic N) is 4. The second-order valence-electron chi connectivity index (χ2n) is 4.06. The van der Waals surface area contributed by atoms with E-state index < -0.39 is 0 Å². The lowest BCUT2D eigenvalue weighted by Crippen LogP contribution is -2.20. The number of likely N-dealkylation sites (N-methyl/N-ethyl adjacent to an activating group) is 1. The Morgan fingerprint density at radius 3 is 3.00 bits per heavy atom. The highest BCUT2D eigenvalue weighted by atomic mass is 35.5. The van der Waals surface area contributed by atoms with Crippen molar-refractivity contribution in [1.29, 1.82) is 0 Å². The first-order chi connectivity index (χ1) is 9.70. The van der Waals surface area contributed by atoms with Crippen molar-refractivity contribution in [1.82, 2.24) is 25.5 Å². The van der Waals surface area contributed by atoms with Gasteiger partial charge in [-0.05, 0) is 40.7 Å². The number of aromatic nitrogens is 4. The summed E-state index contributed by atoms with van der Waals surface area (Å²) in [7, 11) is 0. The maximum atomic E-state index is 6.14. The fourth-order valence-corrected chi connectivity index (χ4v) is 2.95. The largest absolute Gasteiger partial charge is 0.315 e. The van der Waals surface area contributed by atoms with E-state index in [9.17, 15) is 0 Å². The first-order valence-corrected chi connectivity index (χ1v) is 7.98. The number of rotatable bonds is 7. The van der Waals surface area contributed by atoms with Gasteiger partial charge in [-0.3, -0.25) is 0 Å². The van der Waals surface area contributed by atoms with E-state index in [4.69, 9.17) is 23.2 Å². The fraction of sp³-hybridized carbons (Fsp3) is 0.417. The minimum Gasteiger partial charge on any atom is -0.315 e. The van der Waals surface area contributed by atoms with Crippen molar-refractivity contribution >= 4 is 35.0 Å². The van der Waals surface area contributed by atoms with Crippen LogP contribution >= 0.6 is 35.0 Å². The molecule has 0 aliphatic rings. The minimum atomic E-state index is 0.678. The van der Waals surface area contributed by atoms with E-state index in [2.05, 4.69) is 27.8 Å². The maximum absolute atomic E-state index is 6.14. The standard InChI is InChI=1S/C12H15Cl2N5S/c1-2-15-5-6-19-12(16-17-18-19)20-8-9-7-10(13)3-4-11(9)14/h3-4,7,15H,2,5-6,8H2,1H3. The van der Waals surface area contributed by atoms with Crippen LogP contribution in [-0.2, 0) is 12.3 Å². The van der Waals surface area contributed by atoms with Crippen molar-refractivity contribution in [2.75, 3.05) is 13.1 Å². The lowest BCUT2D eigenvalue weighted by Gasteiger charge is -2.06. The molecule has 1 heterocycles. The van der Waals surface area contributed by atoms with E-state index in [0.29, 0.717) is 15.8 Å². The molecule has 2 aromatic rings. The van der Waals surface area contributed by atoms with Crippen LogP contribution < -0.4 is 5.32 Å². The molecule has 0 saturated carbocycles. The Kier molecular flexibility index (Phi) is 6.09. The highest BCUT2D eigenvalue weighted by molar-refractivity contribution is 7.98. The lowest BCUT2D eigenvalue weighted by molar-refractivity contribution is 0.517. The van der Waals surface area contributed by atoms with Gasteiger partial charge < -0.3 is 5.32 Å². The van der Waals surface area contributed by atoms with Gasteiger partial charge in [0.2, 0.25) is 5.16 Å². The molecule has 0 unspecified atom stereocenters. The summed E-state index contributed by atoms with van der Waals surface area (Å²) in [4.78, 5) is 0. The summed E-state index contributed by atoms with van der Waals surface area (Å²) < 4.78 is 1.78. The number of nitrogens with one attached hydrogen (secondary N) is 1. The minimum absolute atomic E-state index is 0.678. The molecule has 2 rings (SSSR count). The van der Waals surface area contributed by atoms with Crippen LogP contribution in [0.4, 0.5) is 0 Å². The SMILES string of the molecule is CCNCCn1nnnc1SCc1cc(Cl)ccc1Cl. The molecule has 0 atom stereocenters. The zero-order valence-electron chi connectivity index (χ0n) is 11.0. The van der Waals surface area contributed by atoms with Gasteiger partial charge in [0.1, 0.15) is 0 Å². The molecule has 0 amide bonds. The number of hydrogen-bond donors (Lipinski definition) is 1. The van der Waals surface area contributed by atoms with E-state index >= 15 is 0 Å². The summed E-state index contributed by atoms with van der Waals surface area (Å²) in [6.45, 7) is 4.58. The van der Waals surface area contributed by atoms with Gasteiger partial charge >= 0.3 is 0 Å². The van der Waals surface area contributed by atoms with E-state index in [0.717, 1.165) is 30.4 Å². The Morgan fingerprint density at radius 1 is 1.35 bits per heavy atom. The average Bonchev–Trinajstić information content (AvgIpc) is 2.88. The molecule has 1 N–H and O–H groups in total. The number of benzene rings is 1. The highest BCUT2D eigenvalue weighted by Gasteiger charge is 2.08. The summed E-state index contributed by atoms with van der Waals surface area (Å²) >= 11 is 13.7. The summed E-state index contributed by atoms with van der Waals surface area (Å²) in [5.41, 5.74) is 0.977. The molecular weight excluding hydrogens is 317 g/mol. The first kappa shape index (κ1) is 15.6.